The third-order valence-corrected chi connectivity index (χ3v) is 3.17. The number of hydrogen-bond acceptors (Lipinski definition) is 0. The number of aryl methyl sites for hydroxylation is 2. The van der Waals surface area contributed by atoms with Crippen LogP contribution in [-0.2, 0) is 17.9 Å². The van der Waals surface area contributed by atoms with E-state index < -0.39 is 0 Å². The Morgan fingerprint density at radius 3 is 2.06 bits per heavy atom. The Kier molecular flexibility index (Phi) is 3.48. The van der Waals surface area contributed by atoms with E-state index in [1.54, 1.807) is 0 Å². The van der Waals surface area contributed by atoms with E-state index in [2.05, 4.69) is 13.0 Å². The molecule has 1 heteroatoms. The lowest BCUT2D eigenvalue weighted by Crippen LogP contribution is -1.89. The zero-order valence-electron chi connectivity index (χ0n) is 10.4. The molecule has 2 rings (SSSR count). The summed E-state index contributed by atoms with van der Waals surface area (Å²) in [5.41, 5.74) is 4.04. The van der Waals surface area contributed by atoms with Crippen LogP contribution in [0.15, 0.2) is 42.5 Å². The van der Waals surface area contributed by atoms with E-state index in [4.69, 9.17) is 0 Å². The lowest BCUT2D eigenvalue weighted by molar-refractivity contribution is 0.352. The molecule has 17 heavy (non-hydrogen) atoms. The van der Waals surface area contributed by atoms with E-state index >= 15 is 0 Å². The number of rotatable bonds is 3. The van der Waals surface area contributed by atoms with Crippen molar-refractivity contribution in [3.05, 3.63) is 53.6 Å². The zero-order chi connectivity index (χ0) is 12.3. The lowest BCUT2D eigenvalue weighted by Gasteiger charge is -2.10. The summed E-state index contributed by atoms with van der Waals surface area (Å²) in [6, 6.07) is 14.0. The van der Waals surface area contributed by atoms with E-state index in [9.17, 15) is 5.11 Å². The first-order valence-electron chi connectivity index (χ1n) is 6.15. The van der Waals surface area contributed by atoms with E-state index in [1.165, 1.54) is 5.56 Å². The molecular formula is C16H17O. The van der Waals surface area contributed by atoms with Crippen LogP contribution in [0, 0.1) is 0 Å². The van der Waals surface area contributed by atoms with Gasteiger partial charge in [-0.2, -0.15) is 0 Å². The highest BCUT2D eigenvalue weighted by atomic mass is 16.3. The highest BCUT2D eigenvalue weighted by molar-refractivity contribution is 5.74. The Balaban J connectivity index is 2.60. The van der Waals surface area contributed by atoms with Crippen LogP contribution in [0.1, 0.15) is 25.0 Å². The van der Waals surface area contributed by atoms with Gasteiger partial charge in [-0.25, -0.2) is 0 Å². The van der Waals surface area contributed by atoms with Gasteiger partial charge in [-0.05, 0) is 29.5 Å². The average molecular weight is 225 g/mol. The molecule has 1 nitrogen and oxygen atoms in total. The summed E-state index contributed by atoms with van der Waals surface area (Å²) in [4.78, 5) is 0. The van der Waals surface area contributed by atoms with Crippen LogP contribution in [0.4, 0.5) is 0 Å². The molecule has 0 aliphatic carbocycles. The zero-order valence-corrected chi connectivity index (χ0v) is 10.4. The van der Waals surface area contributed by atoms with Crippen molar-refractivity contribution in [2.75, 3.05) is 0 Å². The average Bonchev–Trinajstić information content (AvgIpc) is 2.39. The van der Waals surface area contributed by atoms with Gasteiger partial charge in [0.25, 0.3) is 0 Å². The summed E-state index contributed by atoms with van der Waals surface area (Å²) >= 11 is 0. The Morgan fingerprint density at radius 1 is 0.765 bits per heavy atom. The summed E-state index contributed by atoms with van der Waals surface area (Å²) in [7, 11) is 0. The molecule has 0 atom stereocenters. The van der Waals surface area contributed by atoms with Gasteiger partial charge < -0.3 is 0 Å². The fourth-order valence-electron chi connectivity index (χ4n) is 2.17. The van der Waals surface area contributed by atoms with Crippen LogP contribution < -0.4 is 0 Å². The van der Waals surface area contributed by atoms with Gasteiger partial charge >= 0.3 is 0 Å². The third-order valence-electron chi connectivity index (χ3n) is 3.17. The quantitative estimate of drug-likeness (QED) is 0.726. The second-order valence-electron chi connectivity index (χ2n) is 4.16. The van der Waals surface area contributed by atoms with Gasteiger partial charge in [-0.1, -0.05) is 56.3 Å². The standard InChI is InChI=1S/C16H17O/c1-3-12-8-5-6-10-14(12)15-11-7-9-13(4-2)16(15)17/h5-11H,3-4H2,1-2H3. The molecule has 0 amide bonds. The van der Waals surface area contributed by atoms with Crippen molar-refractivity contribution in [3.63, 3.8) is 0 Å². The second-order valence-corrected chi connectivity index (χ2v) is 4.16. The molecule has 0 aliphatic heterocycles. The molecule has 2 aromatic carbocycles. The smallest absolute Gasteiger partial charge is 0.189 e. The number of hydrogen-bond donors (Lipinski definition) is 0. The molecule has 0 aliphatic rings. The normalized spacial score (nSPS) is 10.5. The van der Waals surface area contributed by atoms with Crippen LogP contribution >= 0.6 is 0 Å². The van der Waals surface area contributed by atoms with Crippen LogP contribution in [0.25, 0.3) is 11.1 Å². The molecule has 0 unspecified atom stereocenters. The van der Waals surface area contributed by atoms with Crippen LogP contribution in [0.5, 0.6) is 5.75 Å². The van der Waals surface area contributed by atoms with Crippen molar-refractivity contribution in [2.24, 2.45) is 0 Å². The Bertz CT molecular complexity index is 515. The Hall–Kier alpha value is -1.76. The third kappa shape index (κ3) is 2.19. The number of benzene rings is 2. The van der Waals surface area contributed by atoms with Crippen molar-refractivity contribution < 1.29 is 5.11 Å². The van der Waals surface area contributed by atoms with Gasteiger partial charge in [0.1, 0.15) is 0 Å². The second kappa shape index (κ2) is 5.05. The predicted octanol–water partition coefficient (Wildman–Crippen LogP) is 4.62. The van der Waals surface area contributed by atoms with E-state index in [0.29, 0.717) is 0 Å². The topological polar surface area (TPSA) is 19.9 Å². The van der Waals surface area contributed by atoms with Gasteiger partial charge in [-0.3, -0.25) is 5.11 Å². The Morgan fingerprint density at radius 2 is 1.35 bits per heavy atom. The molecule has 0 bridgehead atoms. The first kappa shape index (κ1) is 11.7. The molecule has 87 valence electrons. The van der Waals surface area contributed by atoms with Crippen LogP contribution in [-0.4, -0.2) is 0 Å². The van der Waals surface area contributed by atoms with Crippen LogP contribution in [0.3, 0.4) is 0 Å². The molecule has 1 radical (unpaired) electrons. The molecular weight excluding hydrogens is 208 g/mol. The van der Waals surface area contributed by atoms with Gasteiger partial charge in [0, 0.05) is 5.56 Å². The first-order chi connectivity index (χ1) is 8.27. The molecule has 0 saturated carbocycles. The minimum absolute atomic E-state index is 0.177. The SMILES string of the molecule is CCc1ccccc1-c1cccc(CC)c1[O]. The fourth-order valence-corrected chi connectivity index (χ4v) is 2.17. The molecule has 0 fully saturated rings. The van der Waals surface area contributed by atoms with Crippen molar-refractivity contribution in [1.29, 1.82) is 0 Å². The Labute approximate surface area is 103 Å². The van der Waals surface area contributed by atoms with Gasteiger partial charge in [0.05, 0.1) is 0 Å². The molecule has 0 spiro atoms. The summed E-state index contributed by atoms with van der Waals surface area (Å²) in [5.74, 6) is 0.177. The number of para-hydroxylation sites is 1. The monoisotopic (exact) mass is 225 g/mol. The maximum Gasteiger partial charge on any atom is 0.189 e. The van der Waals surface area contributed by atoms with Gasteiger partial charge in [0.2, 0.25) is 0 Å². The molecule has 2 aromatic rings. The van der Waals surface area contributed by atoms with Crippen molar-refractivity contribution >= 4 is 0 Å². The molecule has 0 N–H and O–H groups in total. The predicted molar refractivity (Wildman–Crippen MR) is 70.8 cm³/mol. The summed E-state index contributed by atoms with van der Waals surface area (Å²) in [6.07, 6.45) is 1.74. The molecule has 0 saturated heterocycles. The van der Waals surface area contributed by atoms with Crippen molar-refractivity contribution in [1.82, 2.24) is 0 Å². The highest BCUT2D eigenvalue weighted by Crippen LogP contribution is 2.35. The molecule has 0 aromatic heterocycles. The summed E-state index contributed by atoms with van der Waals surface area (Å²) in [5, 5.41) is 12.3. The minimum Gasteiger partial charge on any atom is -0.289 e. The van der Waals surface area contributed by atoms with E-state index in [-0.39, 0.29) is 5.75 Å². The minimum atomic E-state index is 0.177. The largest absolute Gasteiger partial charge is 0.289 e. The van der Waals surface area contributed by atoms with Crippen molar-refractivity contribution in [2.45, 2.75) is 26.7 Å². The van der Waals surface area contributed by atoms with Gasteiger partial charge in [-0.15, -0.1) is 0 Å². The summed E-state index contributed by atoms with van der Waals surface area (Å²) < 4.78 is 0. The fraction of sp³-hybridized carbons (Fsp3) is 0.250. The highest BCUT2D eigenvalue weighted by Gasteiger charge is 2.11. The van der Waals surface area contributed by atoms with Crippen LogP contribution in [0.2, 0.25) is 0 Å². The van der Waals surface area contributed by atoms with E-state index in [1.807, 2.05) is 43.3 Å². The van der Waals surface area contributed by atoms with Crippen molar-refractivity contribution in [3.8, 4) is 16.9 Å². The molecule has 0 heterocycles. The first-order valence-corrected chi connectivity index (χ1v) is 6.15. The maximum atomic E-state index is 12.3. The van der Waals surface area contributed by atoms with E-state index in [0.717, 1.165) is 29.5 Å². The maximum absolute atomic E-state index is 12.3. The van der Waals surface area contributed by atoms with Gasteiger partial charge in [0.15, 0.2) is 5.75 Å². The lowest BCUT2D eigenvalue weighted by atomic mass is 9.95. The summed E-state index contributed by atoms with van der Waals surface area (Å²) in [6.45, 7) is 4.14.